The van der Waals surface area contributed by atoms with Crippen LogP contribution in [0.25, 0.3) is 11.1 Å². The molecule has 0 saturated carbocycles. The molecule has 0 amide bonds. The van der Waals surface area contributed by atoms with Crippen LogP contribution in [0.2, 0.25) is 0 Å². The minimum absolute atomic E-state index is 0.359. The van der Waals surface area contributed by atoms with Gasteiger partial charge in [0.15, 0.2) is 0 Å². The summed E-state index contributed by atoms with van der Waals surface area (Å²) < 4.78 is 10.3. The normalized spacial score (nSPS) is 11.0. The van der Waals surface area contributed by atoms with Crippen molar-refractivity contribution in [2.24, 2.45) is 0 Å². The molecule has 0 spiro atoms. The molecule has 1 heterocycles. The third kappa shape index (κ3) is 2.93. The standard InChI is InChI=1S/C15H21N3O2/c1-4-18(5-2)10-13-14(15(16)20-17-13)11-6-8-12(19-3)9-7-11/h6-9H,4-5,10,16H2,1-3H3. The molecule has 1 aromatic carbocycles. The van der Waals surface area contributed by atoms with E-state index in [0.29, 0.717) is 5.88 Å². The van der Waals surface area contributed by atoms with Gasteiger partial charge in [-0.05, 0) is 30.8 Å². The molecule has 0 bridgehead atoms. The van der Waals surface area contributed by atoms with E-state index in [1.807, 2.05) is 24.3 Å². The Morgan fingerprint density at radius 2 is 1.85 bits per heavy atom. The van der Waals surface area contributed by atoms with E-state index in [1.165, 1.54) is 0 Å². The SMILES string of the molecule is CCN(CC)Cc1noc(N)c1-c1ccc(OC)cc1. The van der Waals surface area contributed by atoms with Crippen LogP contribution in [0.1, 0.15) is 19.5 Å². The van der Waals surface area contributed by atoms with Gasteiger partial charge in [-0.15, -0.1) is 0 Å². The van der Waals surface area contributed by atoms with Crippen molar-refractivity contribution in [3.63, 3.8) is 0 Å². The second kappa shape index (κ2) is 6.43. The average molecular weight is 275 g/mol. The lowest BCUT2D eigenvalue weighted by Crippen LogP contribution is -2.22. The number of nitrogens with two attached hydrogens (primary N) is 1. The Bertz CT molecular complexity index is 545. The van der Waals surface area contributed by atoms with Crippen molar-refractivity contribution in [2.75, 3.05) is 25.9 Å². The molecule has 20 heavy (non-hydrogen) atoms. The summed E-state index contributed by atoms with van der Waals surface area (Å²) in [5.41, 5.74) is 8.66. The molecule has 1 aromatic heterocycles. The maximum atomic E-state index is 5.92. The van der Waals surface area contributed by atoms with E-state index < -0.39 is 0 Å². The van der Waals surface area contributed by atoms with Gasteiger partial charge < -0.3 is 15.0 Å². The average Bonchev–Trinajstić information content (AvgIpc) is 2.85. The maximum Gasteiger partial charge on any atom is 0.230 e. The van der Waals surface area contributed by atoms with Gasteiger partial charge in [0.05, 0.1) is 12.7 Å². The number of hydrogen-bond acceptors (Lipinski definition) is 5. The Balaban J connectivity index is 2.32. The van der Waals surface area contributed by atoms with Crippen LogP contribution in [-0.2, 0) is 6.54 Å². The number of methoxy groups -OCH3 is 1. The molecule has 2 aromatic rings. The predicted molar refractivity (Wildman–Crippen MR) is 79.5 cm³/mol. The molecule has 0 aliphatic carbocycles. The molecule has 0 aliphatic heterocycles. The Hall–Kier alpha value is -2.01. The van der Waals surface area contributed by atoms with Crippen molar-refractivity contribution >= 4 is 5.88 Å². The van der Waals surface area contributed by atoms with Crippen molar-refractivity contribution in [3.05, 3.63) is 30.0 Å². The summed E-state index contributed by atoms with van der Waals surface area (Å²) in [6.07, 6.45) is 0. The summed E-state index contributed by atoms with van der Waals surface area (Å²) in [6, 6.07) is 7.74. The molecule has 5 nitrogen and oxygen atoms in total. The zero-order chi connectivity index (χ0) is 14.5. The number of aromatic nitrogens is 1. The molecule has 0 atom stereocenters. The summed E-state index contributed by atoms with van der Waals surface area (Å²) in [5.74, 6) is 1.17. The highest BCUT2D eigenvalue weighted by atomic mass is 16.5. The lowest BCUT2D eigenvalue weighted by atomic mass is 10.1. The van der Waals surface area contributed by atoms with Crippen LogP contribution in [0.3, 0.4) is 0 Å². The number of nitrogen functional groups attached to an aromatic ring is 1. The van der Waals surface area contributed by atoms with Crippen molar-refractivity contribution < 1.29 is 9.26 Å². The van der Waals surface area contributed by atoms with E-state index in [9.17, 15) is 0 Å². The van der Waals surface area contributed by atoms with Gasteiger partial charge in [-0.2, -0.15) is 0 Å². The fourth-order valence-electron chi connectivity index (χ4n) is 2.17. The first-order valence-electron chi connectivity index (χ1n) is 6.80. The number of benzene rings is 1. The molecule has 0 fully saturated rings. The van der Waals surface area contributed by atoms with Gasteiger partial charge in [0.2, 0.25) is 5.88 Å². The largest absolute Gasteiger partial charge is 0.497 e. The van der Waals surface area contributed by atoms with Gasteiger partial charge in [-0.3, -0.25) is 4.90 Å². The number of rotatable bonds is 6. The molecule has 108 valence electrons. The molecule has 2 rings (SSSR count). The summed E-state index contributed by atoms with van der Waals surface area (Å²) in [7, 11) is 1.65. The fraction of sp³-hybridized carbons (Fsp3) is 0.400. The third-order valence-corrected chi connectivity index (χ3v) is 3.44. The van der Waals surface area contributed by atoms with Gasteiger partial charge in [-0.1, -0.05) is 31.1 Å². The van der Waals surface area contributed by atoms with Gasteiger partial charge in [0.25, 0.3) is 0 Å². The lowest BCUT2D eigenvalue weighted by molar-refractivity contribution is 0.284. The second-order valence-electron chi connectivity index (χ2n) is 4.56. The number of ether oxygens (including phenoxy) is 1. The van der Waals surface area contributed by atoms with Crippen molar-refractivity contribution in [1.29, 1.82) is 0 Å². The van der Waals surface area contributed by atoms with Crippen LogP contribution in [0.5, 0.6) is 5.75 Å². The Labute approximate surface area is 119 Å². The van der Waals surface area contributed by atoms with Crippen LogP contribution in [0.4, 0.5) is 5.88 Å². The Kier molecular flexibility index (Phi) is 4.63. The summed E-state index contributed by atoms with van der Waals surface area (Å²) in [4.78, 5) is 2.27. The van der Waals surface area contributed by atoms with E-state index >= 15 is 0 Å². The van der Waals surface area contributed by atoms with Crippen molar-refractivity contribution in [1.82, 2.24) is 10.1 Å². The van der Waals surface area contributed by atoms with E-state index in [-0.39, 0.29) is 0 Å². The van der Waals surface area contributed by atoms with Crippen LogP contribution in [-0.4, -0.2) is 30.3 Å². The fourth-order valence-corrected chi connectivity index (χ4v) is 2.17. The third-order valence-electron chi connectivity index (χ3n) is 3.44. The van der Waals surface area contributed by atoms with Gasteiger partial charge in [0.1, 0.15) is 11.4 Å². The molecule has 0 aliphatic rings. The topological polar surface area (TPSA) is 64.5 Å². The number of hydrogen-bond donors (Lipinski definition) is 1. The number of nitrogens with zero attached hydrogens (tertiary/aromatic N) is 2. The van der Waals surface area contributed by atoms with Crippen LogP contribution < -0.4 is 10.5 Å². The first-order chi connectivity index (χ1) is 9.69. The lowest BCUT2D eigenvalue weighted by Gasteiger charge is -2.16. The Morgan fingerprint density at radius 3 is 2.40 bits per heavy atom. The van der Waals surface area contributed by atoms with Crippen LogP contribution in [0, 0.1) is 0 Å². The highest BCUT2D eigenvalue weighted by Gasteiger charge is 2.17. The summed E-state index contributed by atoms with van der Waals surface area (Å²) in [5, 5.41) is 4.10. The molecule has 0 unspecified atom stereocenters. The van der Waals surface area contributed by atoms with E-state index in [1.54, 1.807) is 7.11 Å². The first kappa shape index (κ1) is 14.4. The molecule has 0 radical (unpaired) electrons. The smallest absolute Gasteiger partial charge is 0.230 e. The zero-order valence-corrected chi connectivity index (χ0v) is 12.2. The van der Waals surface area contributed by atoms with Crippen LogP contribution >= 0.6 is 0 Å². The van der Waals surface area contributed by atoms with E-state index in [2.05, 4.69) is 23.9 Å². The molecular weight excluding hydrogens is 254 g/mol. The zero-order valence-electron chi connectivity index (χ0n) is 12.2. The highest BCUT2D eigenvalue weighted by Crippen LogP contribution is 2.31. The Morgan fingerprint density at radius 1 is 1.20 bits per heavy atom. The summed E-state index contributed by atoms with van der Waals surface area (Å²) in [6.45, 7) is 6.91. The molecular formula is C15H21N3O2. The monoisotopic (exact) mass is 275 g/mol. The minimum atomic E-state index is 0.359. The van der Waals surface area contributed by atoms with Gasteiger partial charge in [-0.25, -0.2) is 0 Å². The second-order valence-corrected chi connectivity index (χ2v) is 4.56. The van der Waals surface area contributed by atoms with Crippen molar-refractivity contribution in [2.45, 2.75) is 20.4 Å². The molecule has 5 heteroatoms. The predicted octanol–water partition coefficient (Wildman–Crippen LogP) is 2.77. The van der Waals surface area contributed by atoms with E-state index in [4.69, 9.17) is 15.0 Å². The highest BCUT2D eigenvalue weighted by molar-refractivity contribution is 5.75. The van der Waals surface area contributed by atoms with Crippen LogP contribution in [0.15, 0.2) is 28.8 Å². The van der Waals surface area contributed by atoms with Crippen molar-refractivity contribution in [3.8, 4) is 16.9 Å². The van der Waals surface area contributed by atoms with Gasteiger partial charge >= 0.3 is 0 Å². The molecule has 2 N–H and O–H groups in total. The van der Waals surface area contributed by atoms with E-state index in [0.717, 1.165) is 42.2 Å². The van der Waals surface area contributed by atoms with Gasteiger partial charge in [0, 0.05) is 6.54 Å². The quantitative estimate of drug-likeness (QED) is 0.878. The molecule has 0 saturated heterocycles. The maximum absolute atomic E-state index is 5.92. The summed E-state index contributed by atoms with van der Waals surface area (Å²) >= 11 is 0. The first-order valence-corrected chi connectivity index (χ1v) is 6.80. The minimum Gasteiger partial charge on any atom is -0.497 e. The number of anilines is 1.